The lowest BCUT2D eigenvalue weighted by Gasteiger charge is -2.60. The van der Waals surface area contributed by atoms with E-state index in [1.807, 2.05) is 18.2 Å². The van der Waals surface area contributed by atoms with Gasteiger partial charge in [0.25, 0.3) is 0 Å². The summed E-state index contributed by atoms with van der Waals surface area (Å²) >= 11 is 0. The molecule has 0 N–H and O–H groups in total. The van der Waals surface area contributed by atoms with Crippen LogP contribution in [0.3, 0.4) is 0 Å². The first-order valence-electron chi connectivity index (χ1n) is 9.16. The summed E-state index contributed by atoms with van der Waals surface area (Å²) in [7, 11) is 0. The number of benzene rings is 1. The van der Waals surface area contributed by atoms with E-state index in [4.69, 9.17) is 4.74 Å². The van der Waals surface area contributed by atoms with Crippen molar-refractivity contribution >= 4 is 5.97 Å². The number of hydrogen-bond donors (Lipinski definition) is 0. The number of esters is 1. The van der Waals surface area contributed by atoms with E-state index in [1.54, 1.807) is 0 Å². The van der Waals surface area contributed by atoms with Crippen molar-refractivity contribution in [2.45, 2.75) is 36.3 Å². The molecule has 3 saturated heterocycles. The molecule has 3 unspecified atom stereocenters. The number of piperidine rings is 1. The number of allylic oxidation sites excluding steroid dienone is 3. The maximum absolute atomic E-state index is 13.3. The van der Waals surface area contributed by atoms with Gasteiger partial charge in [-0.1, -0.05) is 61.1 Å². The van der Waals surface area contributed by atoms with Crippen LogP contribution in [0, 0.1) is 11.3 Å². The largest absolute Gasteiger partial charge is 0.454 e. The third-order valence-electron chi connectivity index (χ3n) is 7.42. The number of rotatable bonds is 1. The molecule has 0 radical (unpaired) electrons. The zero-order valence-electron chi connectivity index (χ0n) is 13.7. The molecule has 3 nitrogen and oxygen atoms in total. The number of carbonyl (C=O) groups is 1. The van der Waals surface area contributed by atoms with Gasteiger partial charge in [-0.3, -0.25) is 9.69 Å². The fraction of sp³-hybridized carbons (Fsp3) is 0.476. The van der Waals surface area contributed by atoms with Gasteiger partial charge in [0.1, 0.15) is 5.41 Å². The first-order chi connectivity index (χ1) is 11.8. The topological polar surface area (TPSA) is 29.5 Å². The highest BCUT2D eigenvalue weighted by atomic mass is 16.6. The standard InChI is InChI=1S/C21H21NO2/c23-18-21(15-8-2-1-3-9-15)16-10-4-6-12-19(16,21)20(24-18)14-22-13-7-5-11-17(20)22/h1-4,6,8-10,12,16-17H,5,7,11,13-14H2/t16?,17-,19?,20+,21?/m0/s1. The fourth-order valence-electron chi connectivity index (χ4n) is 6.55. The number of nitrogens with zero attached hydrogens (tertiary/aromatic N) is 1. The zero-order valence-corrected chi connectivity index (χ0v) is 13.7. The lowest BCUT2D eigenvalue weighted by atomic mass is 9.64. The molecule has 0 bridgehead atoms. The molecule has 1 saturated carbocycles. The molecule has 3 aliphatic heterocycles. The molecule has 1 aromatic rings. The monoisotopic (exact) mass is 319 g/mol. The Morgan fingerprint density at radius 2 is 2.00 bits per heavy atom. The third kappa shape index (κ3) is 1.12. The van der Waals surface area contributed by atoms with Crippen LogP contribution < -0.4 is 0 Å². The molecule has 122 valence electrons. The second-order valence-electron chi connectivity index (χ2n) is 8.03. The molecule has 0 aromatic heterocycles. The molecular weight excluding hydrogens is 298 g/mol. The highest BCUT2D eigenvalue weighted by Gasteiger charge is 2.94. The molecule has 24 heavy (non-hydrogen) atoms. The minimum absolute atomic E-state index is 0.000114. The maximum atomic E-state index is 13.3. The van der Waals surface area contributed by atoms with Crippen molar-refractivity contribution < 1.29 is 9.53 Å². The van der Waals surface area contributed by atoms with Crippen LogP contribution in [-0.2, 0) is 14.9 Å². The van der Waals surface area contributed by atoms with Gasteiger partial charge in [0, 0.05) is 12.5 Å². The van der Waals surface area contributed by atoms with Gasteiger partial charge in [0.05, 0.1) is 11.5 Å². The summed E-state index contributed by atoms with van der Waals surface area (Å²) in [5.41, 5.74) is 0.140. The predicted molar refractivity (Wildman–Crippen MR) is 90.4 cm³/mol. The van der Waals surface area contributed by atoms with E-state index in [1.165, 1.54) is 12.8 Å². The Morgan fingerprint density at radius 3 is 2.83 bits per heavy atom. The predicted octanol–water partition coefficient (Wildman–Crippen LogP) is 2.83. The number of carbonyl (C=O) groups excluding carboxylic acids is 1. The Kier molecular flexibility index (Phi) is 2.25. The molecule has 4 fully saturated rings. The zero-order chi connectivity index (χ0) is 16.0. The average Bonchev–Trinajstić information content (AvgIpc) is 3.19. The van der Waals surface area contributed by atoms with E-state index in [0.717, 1.165) is 25.1 Å². The summed E-state index contributed by atoms with van der Waals surface area (Å²) in [6.45, 7) is 2.06. The molecule has 3 heterocycles. The van der Waals surface area contributed by atoms with Crippen LogP contribution >= 0.6 is 0 Å². The summed E-state index contributed by atoms with van der Waals surface area (Å²) in [5.74, 6) is 0.253. The maximum Gasteiger partial charge on any atom is 0.318 e. The first-order valence-corrected chi connectivity index (χ1v) is 9.16. The van der Waals surface area contributed by atoms with E-state index in [-0.39, 0.29) is 22.9 Å². The Labute approximate surface area is 142 Å². The van der Waals surface area contributed by atoms with Gasteiger partial charge < -0.3 is 4.74 Å². The summed E-state index contributed by atoms with van der Waals surface area (Å²) in [6, 6.07) is 10.7. The van der Waals surface area contributed by atoms with Crippen molar-refractivity contribution in [1.82, 2.24) is 4.90 Å². The van der Waals surface area contributed by atoms with Crippen molar-refractivity contribution in [1.29, 1.82) is 0 Å². The van der Waals surface area contributed by atoms with Gasteiger partial charge in [0.2, 0.25) is 0 Å². The molecular formula is C21H21NO2. The van der Waals surface area contributed by atoms with Crippen LogP contribution in [0.5, 0.6) is 0 Å². The van der Waals surface area contributed by atoms with Crippen LogP contribution in [0.15, 0.2) is 54.6 Å². The normalized spacial score (nSPS) is 47.6. The molecule has 2 spiro atoms. The minimum Gasteiger partial charge on any atom is -0.454 e. The summed E-state index contributed by atoms with van der Waals surface area (Å²) in [4.78, 5) is 15.8. The van der Waals surface area contributed by atoms with Crippen molar-refractivity contribution in [3.63, 3.8) is 0 Å². The summed E-state index contributed by atoms with van der Waals surface area (Å²) < 4.78 is 6.27. The summed E-state index contributed by atoms with van der Waals surface area (Å²) in [6.07, 6.45) is 12.5. The van der Waals surface area contributed by atoms with E-state index in [0.29, 0.717) is 6.04 Å². The highest BCUT2D eigenvalue weighted by Crippen LogP contribution is 2.83. The van der Waals surface area contributed by atoms with Gasteiger partial charge >= 0.3 is 5.97 Å². The summed E-state index contributed by atoms with van der Waals surface area (Å²) in [5, 5.41) is 0. The highest BCUT2D eigenvalue weighted by molar-refractivity contribution is 5.96. The van der Waals surface area contributed by atoms with Crippen molar-refractivity contribution in [2.75, 3.05) is 13.1 Å². The molecule has 2 aliphatic carbocycles. The molecule has 5 aliphatic rings. The lowest BCUT2D eigenvalue weighted by Crippen LogP contribution is -2.74. The van der Waals surface area contributed by atoms with Crippen LogP contribution in [0.1, 0.15) is 24.8 Å². The Hall–Kier alpha value is -1.87. The van der Waals surface area contributed by atoms with Gasteiger partial charge in [0.15, 0.2) is 5.60 Å². The van der Waals surface area contributed by atoms with Crippen molar-refractivity contribution in [2.24, 2.45) is 11.3 Å². The molecule has 5 atom stereocenters. The molecule has 0 amide bonds. The minimum atomic E-state index is -0.499. The molecule has 3 heteroatoms. The number of hydrogen-bond acceptors (Lipinski definition) is 3. The second kappa shape index (κ2) is 4.02. The lowest BCUT2D eigenvalue weighted by molar-refractivity contribution is -0.209. The van der Waals surface area contributed by atoms with E-state index in [2.05, 4.69) is 41.3 Å². The van der Waals surface area contributed by atoms with Gasteiger partial charge in [-0.2, -0.15) is 0 Å². The SMILES string of the molecule is O=C1O[C@@]2(CN3CCCC[C@H]32)C23C=CC=CC2C13c1ccccc1. The Balaban J connectivity index is 1.55. The van der Waals surface area contributed by atoms with Gasteiger partial charge in [-0.15, -0.1) is 0 Å². The molecule has 1 aromatic carbocycles. The van der Waals surface area contributed by atoms with Crippen molar-refractivity contribution in [3.8, 4) is 0 Å². The third-order valence-corrected chi connectivity index (χ3v) is 7.42. The fourth-order valence-corrected chi connectivity index (χ4v) is 6.55. The van der Waals surface area contributed by atoms with Crippen molar-refractivity contribution in [3.05, 3.63) is 60.2 Å². The first kappa shape index (κ1) is 13.4. The van der Waals surface area contributed by atoms with Gasteiger partial charge in [-0.05, 0) is 24.9 Å². The number of fused-ring (bicyclic) bond motifs is 3. The Bertz CT molecular complexity index is 799. The van der Waals surface area contributed by atoms with E-state index < -0.39 is 5.41 Å². The Morgan fingerprint density at radius 1 is 1.12 bits per heavy atom. The van der Waals surface area contributed by atoms with Crippen LogP contribution in [0.25, 0.3) is 0 Å². The molecule has 6 rings (SSSR count). The van der Waals surface area contributed by atoms with E-state index >= 15 is 0 Å². The van der Waals surface area contributed by atoms with Gasteiger partial charge in [-0.25, -0.2) is 0 Å². The van der Waals surface area contributed by atoms with Crippen LogP contribution in [0.4, 0.5) is 0 Å². The quantitative estimate of drug-likeness (QED) is 0.746. The number of ether oxygens (including phenoxy) is 1. The second-order valence-corrected chi connectivity index (χ2v) is 8.03. The smallest absolute Gasteiger partial charge is 0.318 e. The van der Waals surface area contributed by atoms with Crippen LogP contribution in [-0.4, -0.2) is 35.6 Å². The van der Waals surface area contributed by atoms with Crippen LogP contribution in [0.2, 0.25) is 0 Å². The van der Waals surface area contributed by atoms with E-state index in [9.17, 15) is 4.79 Å². The average molecular weight is 319 g/mol.